The van der Waals surface area contributed by atoms with Crippen LogP contribution in [-0.2, 0) is 10.8 Å². The maximum absolute atomic E-state index is 2.55. The molecule has 1 heterocycles. The number of fused-ring (bicyclic) bond motifs is 16. The van der Waals surface area contributed by atoms with Crippen LogP contribution in [-0.4, -0.2) is 0 Å². The Morgan fingerprint density at radius 1 is 0.250 bits per heavy atom. The lowest BCUT2D eigenvalue weighted by atomic mass is 9.67. The van der Waals surface area contributed by atoms with E-state index in [1.54, 1.807) is 0 Å². The van der Waals surface area contributed by atoms with Gasteiger partial charge in [0.05, 0.1) is 10.8 Å². The predicted molar refractivity (Wildman–Crippen MR) is 318 cm³/mol. The van der Waals surface area contributed by atoms with Crippen LogP contribution in [0, 0.1) is 0 Å². The molecule has 2 heteroatoms. The standard InChI is InChI=1S/C74H47NS/c1-4-19-48(20-5-1)49-35-39-53(40-36-49)75(55-43-44-60-57-25-10-14-31-65(57)73(68(60)45-55,51-21-6-2-7-22-51)52-23-8-3-9-24-52)54-41-37-50(38-42-54)56-29-18-30-62-58-26-11-15-32-66(58)74(72(56)62)67-33-16-12-27-59(67)63-47-71-64(46-69(63)74)61-28-13-17-34-70(61)76-71/h1-47H. The monoisotopic (exact) mass is 981 g/mol. The molecule has 0 N–H and O–H groups in total. The van der Waals surface area contributed by atoms with Crippen LogP contribution < -0.4 is 4.90 Å². The van der Waals surface area contributed by atoms with Crippen molar-refractivity contribution in [2.75, 3.05) is 4.90 Å². The molecule has 0 saturated carbocycles. The summed E-state index contributed by atoms with van der Waals surface area (Å²) in [4.78, 5) is 2.45. The van der Waals surface area contributed by atoms with E-state index in [-0.39, 0.29) is 0 Å². The highest BCUT2D eigenvalue weighted by Gasteiger charge is 2.53. The van der Waals surface area contributed by atoms with Crippen LogP contribution in [0.3, 0.4) is 0 Å². The summed E-state index contributed by atoms with van der Waals surface area (Å²) in [7, 11) is 0. The van der Waals surface area contributed by atoms with Gasteiger partial charge in [-0.2, -0.15) is 0 Å². The molecule has 13 aromatic rings. The van der Waals surface area contributed by atoms with Gasteiger partial charge in [0, 0.05) is 37.2 Å². The molecular weight excluding hydrogens is 935 g/mol. The number of rotatable bonds is 7. The van der Waals surface area contributed by atoms with Crippen molar-refractivity contribution in [3.05, 3.63) is 330 Å². The van der Waals surface area contributed by atoms with E-state index in [2.05, 4.69) is 290 Å². The van der Waals surface area contributed by atoms with Crippen molar-refractivity contribution in [2.24, 2.45) is 0 Å². The molecule has 1 spiro atoms. The molecule has 1 aromatic heterocycles. The van der Waals surface area contributed by atoms with E-state index in [0.29, 0.717) is 0 Å². The summed E-state index contributed by atoms with van der Waals surface area (Å²) in [5.41, 5.74) is 25.4. The molecule has 12 aromatic carbocycles. The largest absolute Gasteiger partial charge is 0.310 e. The molecule has 1 atom stereocenters. The van der Waals surface area contributed by atoms with Gasteiger partial charge < -0.3 is 4.90 Å². The van der Waals surface area contributed by atoms with Crippen LogP contribution >= 0.6 is 11.3 Å². The average Bonchev–Trinajstić information content (AvgIpc) is 4.29. The first kappa shape index (κ1) is 43.1. The highest BCUT2D eigenvalue weighted by molar-refractivity contribution is 7.25. The fraction of sp³-hybridized carbons (Fsp3) is 0.0270. The molecular formula is C74H47NS. The van der Waals surface area contributed by atoms with Crippen molar-refractivity contribution in [3.63, 3.8) is 0 Å². The maximum atomic E-state index is 2.55. The Morgan fingerprint density at radius 3 is 1.37 bits per heavy atom. The molecule has 354 valence electrons. The molecule has 1 nitrogen and oxygen atoms in total. The van der Waals surface area contributed by atoms with E-state index in [9.17, 15) is 0 Å². The van der Waals surface area contributed by atoms with Gasteiger partial charge in [-0.3, -0.25) is 0 Å². The zero-order valence-electron chi connectivity index (χ0n) is 41.5. The molecule has 0 radical (unpaired) electrons. The molecule has 76 heavy (non-hydrogen) atoms. The summed E-state index contributed by atoms with van der Waals surface area (Å²) in [6, 6.07) is 107. The number of nitrogens with zero attached hydrogens (tertiary/aromatic N) is 1. The predicted octanol–water partition coefficient (Wildman–Crippen LogP) is 19.6. The van der Waals surface area contributed by atoms with Gasteiger partial charge in [-0.1, -0.05) is 231 Å². The summed E-state index contributed by atoms with van der Waals surface area (Å²) >= 11 is 1.90. The SMILES string of the molecule is c1ccc(-c2ccc(N(c3ccc(-c4cccc5c4C4(c6ccccc6-c6cc7sc8ccccc8c7cc64)c4ccccc4-5)cc3)c3ccc4c(c3)C(c3ccccc3)(c3ccccc3)c3ccccc3-4)cc2)cc1. The van der Waals surface area contributed by atoms with Gasteiger partial charge in [-0.15, -0.1) is 11.3 Å². The Kier molecular flexibility index (Phi) is 9.40. The van der Waals surface area contributed by atoms with Crippen LogP contribution in [0.2, 0.25) is 0 Å². The van der Waals surface area contributed by atoms with Crippen molar-refractivity contribution < 1.29 is 0 Å². The van der Waals surface area contributed by atoms with Gasteiger partial charge in [0.15, 0.2) is 0 Å². The summed E-state index contributed by atoms with van der Waals surface area (Å²) in [5, 5.41) is 2.65. The number of hydrogen-bond acceptors (Lipinski definition) is 2. The average molecular weight is 982 g/mol. The minimum absolute atomic E-state index is 0.511. The van der Waals surface area contributed by atoms with Crippen LogP contribution in [0.5, 0.6) is 0 Å². The summed E-state index contributed by atoms with van der Waals surface area (Å²) in [5.74, 6) is 0. The molecule has 0 aliphatic heterocycles. The van der Waals surface area contributed by atoms with E-state index in [4.69, 9.17) is 0 Å². The first-order valence-corrected chi connectivity index (χ1v) is 27.2. The van der Waals surface area contributed by atoms with Gasteiger partial charge in [0.1, 0.15) is 0 Å². The minimum Gasteiger partial charge on any atom is -0.310 e. The lowest BCUT2D eigenvalue weighted by Crippen LogP contribution is -2.28. The van der Waals surface area contributed by atoms with Crippen molar-refractivity contribution in [1.82, 2.24) is 0 Å². The summed E-state index contributed by atoms with van der Waals surface area (Å²) in [6.45, 7) is 0. The maximum Gasteiger partial charge on any atom is 0.0731 e. The molecule has 0 amide bonds. The van der Waals surface area contributed by atoms with Gasteiger partial charge in [-0.05, 0) is 155 Å². The normalized spacial score (nSPS) is 15.0. The van der Waals surface area contributed by atoms with Gasteiger partial charge >= 0.3 is 0 Å². The Morgan fingerprint density at radius 2 is 0.711 bits per heavy atom. The van der Waals surface area contributed by atoms with Crippen LogP contribution in [0.1, 0.15) is 44.5 Å². The third-order valence-electron chi connectivity index (χ3n) is 17.0. The molecule has 0 fully saturated rings. The molecule has 0 saturated heterocycles. The van der Waals surface area contributed by atoms with E-state index in [1.165, 1.54) is 120 Å². The third-order valence-corrected chi connectivity index (χ3v) is 18.1. The van der Waals surface area contributed by atoms with Crippen LogP contribution in [0.4, 0.5) is 17.1 Å². The summed E-state index contributed by atoms with van der Waals surface area (Å²) in [6.07, 6.45) is 0. The molecule has 3 aliphatic carbocycles. The molecule has 16 rings (SSSR count). The number of thiophene rings is 1. The second-order valence-electron chi connectivity index (χ2n) is 20.6. The zero-order chi connectivity index (χ0) is 50.0. The topological polar surface area (TPSA) is 3.24 Å². The smallest absolute Gasteiger partial charge is 0.0731 e. The minimum atomic E-state index is -0.530. The lowest BCUT2D eigenvalue weighted by Gasteiger charge is -2.35. The van der Waals surface area contributed by atoms with Gasteiger partial charge in [0.25, 0.3) is 0 Å². The number of anilines is 3. The molecule has 3 aliphatic rings. The van der Waals surface area contributed by atoms with Gasteiger partial charge in [0.2, 0.25) is 0 Å². The number of hydrogen-bond donors (Lipinski definition) is 0. The fourth-order valence-electron chi connectivity index (χ4n) is 13.9. The van der Waals surface area contributed by atoms with E-state index in [1.807, 2.05) is 11.3 Å². The highest BCUT2D eigenvalue weighted by Crippen LogP contribution is 2.65. The lowest BCUT2D eigenvalue weighted by molar-refractivity contribution is 0.768. The Balaban J connectivity index is 0.895. The van der Waals surface area contributed by atoms with Crippen molar-refractivity contribution >= 4 is 48.6 Å². The molecule has 1 unspecified atom stereocenters. The quantitative estimate of drug-likeness (QED) is 0.154. The second kappa shape index (κ2) is 16.6. The second-order valence-corrected chi connectivity index (χ2v) is 21.7. The zero-order valence-corrected chi connectivity index (χ0v) is 42.3. The van der Waals surface area contributed by atoms with E-state index in [0.717, 1.165) is 17.1 Å². The molecule has 0 bridgehead atoms. The van der Waals surface area contributed by atoms with Gasteiger partial charge in [-0.25, -0.2) is 0 Å². The Hall–Kier alpha value is -9.34. The number of benzene rings is 12. The first-order chi connectivity index (χ1) is 37.7. The Labute approximate surface area is 446 Å². The Bertz CT molecular complexity index is 4400. The van der Waals surface area contributed by atoms with Crippen LogP contribution in [0.25, 0.3) is 75.8 Å². The van der Waals surface area contributed by atoms with Crippen LogP contribution in [0.15, 0.2) is 285 Å². The highest BCUT2D eigenvalue weighted by atomic mass is 32.1. The summed E-state index contributed by atoms with van der Waals surface area (Å²) < 4.78 is 2.66. The van der Waals surface area contributed by atoms with Crippen molar-refractivity contribution in [3.8, 4) is 55.6 Å². The third kappa shape index (κ3) is 5.96. The first-order valence-electron chi connectivity index (χ1n) is 26.4. The van der Waals surface area contributed by atoms with E-state index < -0.39 is 10.8 Å². The van der Waals surface area contributed by atoms with Crippen molar-refractivity contribution in [1.29, 1.82) is 0 Å². The van der Waals surface area contributed by atoms with E-state index >= 15 is 0 Å². The van der Waals surface area contributed by atoms with Crippen molar-refractivity contribution in [2.45, 2.75) is 10.8 Å². The fourth-order valence-corrected chi connectivity index (χ4v) is 15.0.